The van der Waals surface area contributed by atoms with Crippen LogP contribution < -0.4 is 4.74 Å². The minimum atomic E-state index is -0.684. The van der Waals surface area contributed by atoms with Gasteiger partial charge in [-0.3, -0.25) is 9.69 Å². The van der Waals surface area contributed by atoms with E-state index < -0.39 is 5.97 Å². The molecule has 1 fully saturated rings. The lowest BCUT2D eigenvalue weighted by molar-refractivity contribution is -0.139. The molecule has 114 valence electrons. The first-order chi connectivity index (χ1) is 10.2. The molecule has 1 aromatic rings. The van der Waals surface area contributed by atoms with E-state index in [4.69, 9.17) is 9.84 Å². The zero-order valence-corrected chi connectivity index (χ0v) is 12.5. The SMILES string of the molecule is COc1ccc2c(c1)C(N1CCCCC1CC(=O)O)CC2. The number of piperidine rings is 1. The second-order valence-corrected chi connectivity index (χ2v) is 6.10. The average Bonchev–Trinajstić information content (AvgIpc) is 2.90. The monoisotopic (exact) mass is 289 g/mol. The van der Waals surface area contributed by atoms with Crippen LogP contribution in [0.15, 0.2) is 18.2 Å². The minimum absolute atomic E-state index is 0.179. The van der Waals surface area contributed by atoms with Gasteiger partial charge in [0.25, 0.3) is 0 Å². The van der Waals surface area contributed by atoms with Crippen molar-refractivity contribution < 1.29 is 14.6 Å². The number of hydrogen-bond donors (Lipinski definition) is 1. The third kappa shape index (κ3) is 2.91. The van der Waals surface area contributed by atoms with Gasteiger partial charge in [-0.05, 0) is 55.5 Å². The number of carbonyl (C=O) groups is 1. The Kier molecular flexibility index (Phi) is 4.15. The smallest absolute Gasteiger partial charge is 0.304 e. The minimum Gasteiger partial charge on any atom is -0.497 e. The molecule has 4 heteroatoms. The van der Waals surface area contributed by atoms with Gasteiger partial charge in [-0.25, -0.2) is 0 Å². The number of carboxylic acid groups (broad SMARTS) is 1. The number of ether oxygens (including phenoxy) is 1. The number of carboxylic acids is 1. The number of methoxy groups -OCH3 is 1. The highest BCUT2D eigenvalue weighted by Gasteiger charge is 2.34. The largest absolute Gasteiger partial charge is 0.497 e. The molecule has 3 rings (SSSR count). The third-order valence-corrected chi connectivity index (χ3v) is 4.88. The van der Waals surface area contributed by atoms with Crippen molar-refractivity contribution >= 4 is 5.97 Å². The summed E-state index contributed by atoms with van der Waals surface area (Å²) in [6, 6.07) is 6.86. The molecule has 2 atom stereocenters. The summed E-state index contributed by atoms with van der Waals surface area (Å²) < 4.78 is 5.35. The van der Waals surface area contributed by atoms with E-state index in [9.17, 15) is 4.79 Å². The number of hydrogen-bond acceptors (Lipinski definition) is 3. The molecule has 4 nitrogen and oxygen atoms in total. The highest BCUT2D eigenvalue weighted by atomic mass is 16.5. The van der Waals surface area contributed by atoms with E-state index in [1.807, 2.05) is 6.07 Å². The van der Waals surface area contributed by atoms with Crippen molar-refractivity contribution in [2.24, 2.45) is 0 Å². The summed E-state index contributed by atoms with van der Waals surface area (Å²) in [7, 11) is 1.69. The molecule has 0 amide bonds. The summed E-state index contributed by atoms with van der Waals surface area (Å²) in [6.45, 7) is 1.01. The lowest BCUT2D eigenvalue weighted by atomic mass is 9.95. The van der Waals surface area contributed by atoms with Crippen LogP contribution in [0.25, 0.3) is 0 Å². The molecule has 0 saturated carbocycles. The summed E-state index contributed by atoms with van der Waals surface area (Å²) in [5.74, 6) is 0.211. The predicted molar refractivity (Wildman–Crippen MR) is 80.7 cm³/mol. The Morgan fingerprint density at radius 2 is 2.24 bits per heavy atom. The fourth-order valence-electron chi connectivity index (χ4n) is 3.88. The number of benzene rings is 1. The number of rotatable bonds is 4. The standard InChI is InChI=1S/C17H23NO3/c1-21-14-7-5-12-6-8-16(15(12)11-14)18-9-3-2-4-13(18)10-17(19)20/h5,7,11,13,16H,2-4,6,8-10H2,1H3,(H,19,20). The molecule has 1 N–H and O–H groups in total. The maximum Gasteiger partial charge on any atom is 0.304 e. The molecule has 0 bridgehead atoms. The van der Waals surface area contributed by atoms with Crippen molar-refractivity contribution in [2.45, 2.75) is 50.6 Å². The van der Waals surface area contributed by atoms with Crippen molar-refractivity contribution in [1.29, 1.82) is 0 Å². The maximum atomic E-state index is 11.1. The first-order valence-electron chi connectivity index (χ1n) is 7.83. The van der Waals surface area contributed by atoms with Crippen LogP contribution in [0.5, 0.6) is 5.75 Å². The first-order valence-corrected chi connectivity index (χ1v) is 7.83. The summed E-state index contributed by atoms with van der Waals surface area (Å²) in [6.07, 6.45) is 5.76. The quantitative estimate of drug-likeness (QED) is 0.925. The van der Waals surface area contributed by atoms with Crippen LogP contribution in [0.1, 0.15) is 49.3 Å². The first kappa shape index (κ1) is 14.4. The van der Waals surface area contributed by atoms with Crippen LogP contribution in [0, 0.1) is 0 Å². The van der Waals surface area contributed by atoms with E-state index in [2.05, 4.69) is 17.0 Å². The van der Waals surface area contributed by atoms with Crippen LogP contribution in [-0.4, -0.2) is 35.7 Å². The second-order valence-electron chi connectivity index (χ2n) is 6.10. The lowest BCUT2D eigenvalue weighted by Gasteiger charge is -2.39. The highest BCUT2D eigenvalue weighted by Crippen LogP contribution is 2.41. The van der Waals surface area contributed by atoms with Gasteiger partial charge in [0.15, 0.2) is 0 Å². The van der Waals surface area contributed by atoms with Gasteiger partial charge in [0.1, 0.15) is 5.75 Å². The summed E-state index contributed by atoms with van der Waals surface area (Å²) in [4.78, 5) is 13.6. The van der Waals surface area contributed by atoms with Gasteiger partial charge in [0.05, 0.1) is 13.5 Å². The number of aliphatic carboxylic acids is 1. The van der Waals surface area contributed by atoms with E-state index in [1.54, 1.807) is 7.11 Å². The topological polar surface area (TPSA) is 49.8 Å². The zero-order valence-electron chi connectivity index (χ0n) is 12.5. The molecule has 0 radical (unpaired) electrons. The molecule has 21 heavy (non-hydrogen) atoms. The third-order valence-electron chi connectivity index (χ3n) is 4.88. The average molecular weight is 289 g/mol. The van der Waals surface area contributed by atoms with E-state index in [-0.39, 0.29) is 12.5 Å². The van der Waals surface area contributed by atoms with Crippen molar-refractivity contribution in [3.05, 3.63) is 29.3 Å². The molecule has 1 aliphatic carbocycles. The molecular weight excluding hydrogens is 266 g/mol. The molecular formula is C17H23NO3. The van der Waals surface area contributed by atoms with Crippen molar-refractivity contribution in [1.82, 2.24) is 4.90 Å². The fraction of sp³-hybridized carbons (Fsp3) is 0.588. The second kappa shape index (κ2) is 6.06. The molecule has 2 unspecified atom stereocenters. The van der Waals surface area contributed by atoms with Crippen molar-refractivity contribution in [3.8, 4) is 5.75 Å². The summed E-state index contributed by atoms with van der Waals surface area (Å²) >= 11 is 0. The van der Waals surface area contributed by atoms with Crippen LogP contribution in [-0.2, 0) is 11.2 Å². The Labute approximate surface area is 125 Å². The Morgan fingerprint density at radius 1 is 1.38 bits per heavy atom. The fourth-order valence-corrected chi connectivity index (χ4v) is 3.88. The Morgan fingerprint density at radius 3 is 3.00 bits per heavy atom. The summed E-state index contributed by atoms with van der Waals surface area (Å²) in [5.41, 5.74) is 2.73. The molecule has 0 spiro atoms. The van der Waals surface area contributed by atoms with Gasteiger partial charge < -0.3 is 9.84 Å². The number of aryl methyl sites for hydroxylation is 1. The predicted octanol–water partition coefficient (Wildman–Crippen LogP) is 3.01. The van der Waals surface area contributed by atoms with Crippen LogP contribution >= 0.6 is 0 Å². The van der Waals surface area contributed by atoms with E-state index in [1.165, 1.54) is 17.5 Å². The Bertz CT molecular complexity index is 529. The van der Waals surface area contributed by atoms with Crippen LogP contribution in [0.3, 0.4) is 0 Å². The van der Waals surface area contributed by atoms with Gasteiger partial charge in [-0.2, -0.15) is 0 Å². The summed E-state index contributed by atoms with van der Waals surface area (Å²) in [5, 5.41) is 9.16. The lowest BCUT2D eigenvalue weighted by Crippen LogP contribution is -2.42. The number of fused-ring (bicyclic) bond motifs is 1. The van der Waals surface area contributed by atoms with E-state index in [0.29, 0.717) is 6.04 Å². The van der Waals surface area contributed by atoms with Gasteiger partial charge in [-0.1, -0.05) is 12.5 Å². The number of likely N-dealkylation sites (tertiary alicyclic amines) is 1. The van der Waals surface area contributed by atoms with Crippen molar-refractivity contribution in [3.63, 3.8) is 0 Å². The molecule has 1 saturated heterocycles. The van der Waals surface area contributed by atoms with Crippen LogP contribution in [0.4, 0.5) is 0 Å². The highest BCUT2D eigenvalue weighted by molar-refractivity contribution is 5.67. The number of nitrogens with zero attached hydrogens (tertiary/aromatic N) is 1. The van der Waals surface area contributed by atoms with Gasteiger partial charge >= 0.3 is 5.97 Å². The van der Waals surface area contributed by atoms with E-state index in [0.717, 1.165) is 38.0 Å². The molecule has 2 aliphatic rings. The van der Waals surface area contributed by atoms with Crippen LogP contribution in [0.2, 0.25) is 0 Å². The molecule has 1 heterocycles. The Balaban J connectivity index is 1.85. The normalized spacial score (nSPS) is 25.6. The van der Waals surface area contributed by atoms with Gasteiger partial charge in [0, 0.05) is 12.1 Å². The van der Waals surface area contributed by atoms with Gasteiger partial charge in [0.2, 0.25) is 0 Å². The van der Waals surface area contributed by atoms with Crippen molar-refractivity contribution in [2.75, 3.05) is 13.7 Å². The zero-order chi connectivity index (χ0) is 14.8. The molecule has 1 aromatic carbocycles. The Hall–Kier alpha value is -1.55. The molecule has 0 aromatic heterocycles. The van der Waals surface area contributed by atoms with E-state index >= 15 is 0 Å². The molecule has 1 aliphatic heterocycles. The van der Waals surface area contributed by atoms with Gasteiger partial charge in [-0.15, -0.1) is 0 Å². The maximum absolute atomic E-state index is 11.1.